The van der Waals surface area contributed by atoms with Gasteiger partial charge in [-0.1, -0.05) is 47.5 Å². The molecule has 0 N–H and O–H groups in total. The van der Waals surface area contributed by atoms with Crippen molar-refractivity contribution in [2.75, 3.05) is 32.4 Å². The second kappa shape index (κ2) is 12.4. The topological polar surface area (TPSA) is 70.2 Å². The smallest absolute Gasteiger partial charge is 0.410 e. The lowest BCUT2D eigenvalue weighted by molar-refractivity contribution is -0.00396. The molecule has 1 amide bonds. The highest BCUT2D eigenvalue weighted by Crippen LogP contribution is 2.30. The molecule has 0 radical (unpaired) electrons. The summed E-state index contributed by atoms with van der Waals surface area (Å²) in [5, 5.41) is 1.33. The molecule has 0 spiro atoms. The fraction of sp³-hybridized carbons (Fsp3) is 0.552. The summed E-state index contributed by atoms with van der Waals surface area (Å²) in [7, 11) is -3.44. The van der Waals surface area contributed by atoms with E-state index < -0.39 is 15.6 Å². The normalized spacial score (nSPS) is 22.2. The van der Waals surface area contributed by atoms with Crippen molar-refractivity contribution >= 4 is 39.3 Å². The van der Waals surface area contributed by atoms with Gasteiger partial charge in [-0.25, -0.2) is 13.2 Å². The molecule has 0 bridgehead atoms. The number of sulfonamides is 1. The van der Waals surface area contributed by atoms with Crippen molar-refractivity contribution in [1.29, 1.82) is 0 Å². The minimum Gasteiger partial charge on any atom is -0.444 e. The number of likely N-dealkylation sites (tertiary alicyclic amines) is 1. The van der Waals surface area contributed by atoms with Crippen LogP contribution in [0, 0.1) is 0 Å². The highest BCUT2D eigenvalue weighted by molar-refractivity contribution is 7.88. The SMILES string of the molecule is CC(C)(C)OC(=O)N1CCC(N2CC(Cc3ccc(Cl)cc3)N(S(C)(=O)=O)CC2Cc2ccc(Cl)cc2)CC1. The van der Waals surface area contributed by atoms with E-state index in [-0.39, 0.29) is 24.2 Å². The van der Waals surface area contributed by atoms with Gasteiger partial charge in [-0.3, -0.25) is 4.90 Å². The molecule has 0 aromatic heterocycles. The minimum absolute atomic E-state index is 0.000412. The number of nitrogens with zero attached hydrogens (tertiary/aromatic N) is 3. The Morgan fingerprint density at radius 2 is 1.36 bits per heavy atom. The summed E-state index contributed by atoms with van der Waals surface area (Å²) in [6.45, 7) is 7.88. The molecule has 2 unspecified atom stereocenters. The molecule has 2 aliphatic heterocycles. The molecule has 0 saturated carbocycles. The van der Waals surface area contributed by atoms with Crippen molar-refractivity contribution < 1.29 is 17.9 Å². The zero-order chi connectivity index (χ0) is 28.4. The fourth-order valence-corrected chi connectivity index (χ4v) is 7.02. The van der Waals surface area contributed by atoms with Crippen molar-refractivity contribution in [3.8, 4) is 0 Å². The Morgan fingerprint density at radius 3 is 1.82 bits per heavy atom. The Labute approximate surface area is 243 Å². The third-order valence-electron chi connectivity index (χ3n) is 7.47. The van der Waals surface area contributed by atoms with E-state index in [1.165, 1.54) is 6.26 Å². The third-order valence-corrected chi connectivity index (χ3v) is 9.27. The van der Waals surface area contributed by atoms with E-state index in [1.54, 1.807) is 9.21 Å². The average Bonchev–Trinajstić information content (AvgIpc) is 2.86. The van der Waals surface area contributed by atoms with Crippen LogP contribution in [-0.4, -0.2) is 84.8 Å². The summed E-state index contributed by atoms with van der Waals surface area (Å²) in [5.41, 5.74) is 1.63. The Kier molecular flexibility index (Phi) is 9.54. The zero-order valence-corrected chi connectivity index (χ0v) is 25.5. The highest BCUT2D eigenvalue weighted by atomic mass is 35.5. The van der Waals surface area contributed by atoms with Gasteiger partial charge in [-0.2, -0.15) is 4.31 Å². The van der Waals surface area contributed by atoms with E-state index in [1.807, 2.05) is 69.3 Å². The van der Waals surface area contributed by atoms with Crippen LogP contribution in [0.15, 0.2) is 48.5 Å². The first kappa shape index (κ1) is 30.1. The van der Waals surface area contributed by atoms with Gasteiger partial charge in [-0.05, 0) is 81.8 Å². The Morgan fingerprint density at radius 1 is 0.872 bits per heavy atom. The summed E-state index contributed by atoms with van der Waals surface area (Å²) in [4.78, 5) is 16.9. The number of amides is 1. The van der Waals surface area contributed by atoms with Crippen LogP contribution in [0.3, 0.4) is 0 Å². The van der Waals surface area contributed by atoms with Gasteiger partial charge >= 0.3 is 6.09 Å². The summed E-state index contributed by atoms with van der Waals surface area (Å²) in [6.07, 6.45) is 3.96. The Balaban J connectivity index is 1.56. The van der Waals surface area contributed by atoms with Gasteiger partial charge in [0.1, 0.15) is 5.60 Å². The van der Waals surface area contributed by atoms with Gasteiger partial charge in [0.25, 0.3) is 0 Å². The maximum atomic E-state index is 13.0. The predicted octanol–water partition coefficient (Wildman–Crippen LogP) is 5.49. The molecule has 2 atom stereocenters. The summed E-state index contributed by atoms with van der Waals surface area (Å²) in [6, 6.07) is 15.4. The van der Waals surface area contributed by atoms with Gasteiger partial charge in [0.05, 0.1) is 6.26 Å². The van der Waals surface area contributed by atoms with Crippen LogP contribution in [0.1, 0.15) is 44.7 Å². The number of piperidine rings is 1. The monoisotopic (exact) mass is 595 g/mol. The van der Waals surface area contributed by atoms with Gasteiger partial charge in [0, 0.05) is 54.3 Å². The van der Waals surface area contributed by atoms with Gasteiger partial charge in [0.2, 0.25) is 10.0 Å². The highest BCUT2D eigenvalue weighted by Gasteiger charge is 2.42. The van der Waals surface area contributed by atoms with E-state index in [9.17, 15) is 13.2 Å². The number of carbonyl (C=O) groups is 1. The quantitative estimate of drug-likeness (QED) is 0.441. The molecule has 2 aliphatic rings. The molecule has 39 heavy (non-hydrogen) atoms. The second-order valence-corrected chi connectivity index (χ2v) is 14.5. The van der Waals surface area contributed by atoms with E-state index in [0.29, 0.717) is 49.1 Å². The largest absolute Gasteiger partial charge is 0.444 e. The van der Waals surface area contributed by atoms with Crippen LogP contribution in [0.5, 0.6) is 0 Å². The second-order valence-electron chi connectivity index (χ2n) is 11.7. The number of ether oxygens (including phenoxy) is 1. The van der Waals surface area contributed by atoms with Gasteiger partial charge in [-0.15, -0.1) is 0 Å². The molecule has 0 aliphatic carbocycles. The number of carbonyl (C=O) groups excluding carboxylic acids is 1. The van der Waals surface area contributed by atoms with Gasteiger partial charge < -0.3 is 9.64 Å². The van der Waals surface area contributed by atoms with Gasteiger partial charge in [0.15, 0.2) is 0 Å². The van der Waals surface area contributed by atoms with Crippen molar-refractivity contribution in [2.24, 2.45) is 0 Å². The average molecular weight is 597 g/mol. The molecule has 214 valence electrons. The van der Waals surface area contributed by atoms with E-state index in [2.05, 4.69) is 4.90 Å². The molecule has 7 nitrogen and oxygen atoms in total. The maximum Gasteiger partial charge on any atom is 0.410 e. The first-order valence-corrected chi connectivity index (χ1v) is 16.1. The third kappa shape index (κ3) is 8.33. The number of piperazine rings is 1. The lowest BCUT2D eigenvalue weighted by atomic mass is 9.93. The summed E-state index contributed by atoms with van der Waals surface area (Å²) >= 11 is 12.2. The predicted molar refractivity (Wildman–Crippen MR) is 157 cm³/mol. The summed E-state index contributed by atoms with van der Waals surface area (Å²) < 4.78 is 33.3. The maximum absolute atomic E-state index is 13.0. The number of rotatable bonds is 6. The van der Waals surface area contributed by atoms with Crippen LogP contribution in [0.25, 0.3) is 0 Å². The Bertz CT molecular complexity index is 1220. The number of hydrogen-bond donors (Lipinski definition) is 0. The van der Waals surface area contributed by atoms with Crippen molar-refractivity contribution in [3.63, 3.8) is 0 Å². The zero-order valence-electron chi connectivity index (χ0n) is 23.1. The van der Waals surface area contributed by atoms with E-state index in [4.69, 9.17) is 27.9 Å². The fourth-order valence-electron chi connectivity index (χ4n) is 5.64. The standard InChI is InChI=1S/C29H39Cl2N3O4S/c1-29(2,3)38-28(35)32-15-13-25(14-16-32)33-19-27(18-22-7-11-24(31)12-8-22)34(39(4,36)37)20-26(33)17-21-5-9-23(30)10-6-21/h5-12,25-27H,13-20H2,1-4H3. The number of halogens is 2. The van der Waals surface area contributed by atoms with Crippen LogP contribution >= 0.6 is 23.2 Å². The van der Waals surface area contributed by atoms with Crippen molar-refractivity contribution in [2.45, 2.75) is 70.2 Å². The Hall–Kier alpha value is -1.84. The molecule has 4 rings (SSSR count). The lowest BCUT2D eigenvalue weighted by Crippen LogP contribution is -2.64. The van der Waals surface area contributed by atoms with E-state index >= 15 is 0 Å². The summed E-state index contributed by atoms with van der Waals surface area (Å²) in [5.74, 6) is 0. The van der Waals surface area contributed by atoms with Crippen molar-refractivity contribution in [3.05, 3.63) is 69.7 Å². The molecule has 2 fully saturated rings. The molecule has 2 aromatic carbocycles. The first-order chi connectivity index (χ1) is 18.3. The van der Waals surface area contributed by atoms with Crippen LogP contribution in [-0.2, 0) is 27.6 Å². The van der Waals surface area contributed by atoms with Crippen LogP contribution < -0.4 is 0 Å². The molecular weight excluding hydrogens is 557 g/mol. The molecule has 10 heteroatoms. The molecular formula is C29H39Cl2N3O4S. The van der Waals surface area contributed by atoms with Crippen LogP contribution in [0.4, 0.5) is 4.79 Å². The number of benzene rings is 2. The van der Waals surface area contributed by atoms with E-state index in [0.717, 1.165) is 24.0 Å². The molecule has 2 saturated heterocycles. The molecule has 2 aromatic rings. The number of hydrogen-bond acceptors (Lipinski definition) is 5. The molecule has 2 heterocycles. The van der Waals surface area contributed by atoms with Crippen molar-refractivity contribution in [1.82, 2.24) is 14.1 Å². The lowest BCUT2D eigenvalue weighted by Gasteiger charge is -2.50. The van der Waals surface area contributed by atoms with Crippen LogP contribution in [0.2, 0.25) is 10.0 Å². The first-order valence-electron chi connectivity index (χ1n) is 13.5. The minimum atomic E-state index is -3.44.